The lowest BCUT2D eigenvalue weighted by molar-refractivity contribution is -0.174. The Morgan fingerprint density at radius 1 is 1.13 bits per heavy atom. The van der Waals surface area contributed by atoms with Crippen LogP contribution in [0.15, 0.2) is 0 Å². The minimum Gasteiger partial charge on any atom is -0.393 e. The second-order valence-corrected chi connectivity index (χ2v) is 5.49. The van der Waals surface area contributed by atoms with Gasteiger partial charge >= 0.3 is 0 Å². The van der Waals surface area contributed by atoms with Crippen LogP contribution in [0.4, 0.5) is 0 Å². The third-order valence-corrected chi connectivity index (χ3v) is 4.00. The van der Waals surface area contributed by atoms with Gasteiger partial charge in [0.2, 0.25) is 0 Å². The zero-order chi connectivity index (χ0) is 10.8. The Kier molecular flexibility index (Phi) is 1.97. The summed E-state index contributed by atoms with van der Waals surface area (Å²) in [4.78, 5) is 2.32. The van der Waals surface area contributed by atoms with Crippen molar-refractivity contribution in [3.8, 4) is 0 Å². The molecule has 4 unspecified atom stereocenters. The Labute approximate surface area is 90.2 Å². The Bertz CT molecular complexity index is 257. The van der Waals surface area contributed by atoms with Crippen LogP contribution in [0.5, 0.6) is 0 Å². The molecular formula is C11H19NO3. The number of fused-ring (bicyclic) bond motifs is 5. The van der Waals surface area contributed by atoms with Gasteiger partial charge in [0.15, 0.2) is 5.79 Å². The molecule has 4 heteroatoms. The van der Waals surface area contributed by atoms with Crippen molar-refractivity contribution in [1.29, 1.82) is 0 Å². The summed E-state index contributed by atoms with van der Waals surface area (Å²) in [6, 6.07) is 0.649. The van der Waals surface area contributed by atoms with Gasteiger partial charge in [-0.1, -0.05) is 0 Å². The van der Waals surface area contributed by atoms with Gasteiger partial charge in [0, 0.05) is 12.1 Å². The minimum absolute atomic E-state index is 0.146. The van der Waals surface area contributed by atoms with E-state index >= 15 is 0 Å². The van der Waals surface area contributed by atoms with Crippen LogP contribution in [-0.2, 0) is 9.47 Å². The normalized spacial score (nSPS) is 53.2. The molecular weight excluding hydrogens is 194 g/mol. The first kappa shape index (κ1) is 10.0. The molecule has 3 aliphatic rings. The van der Waals surface area contributed by atoms with Gasteiger partial charge in [-0.15, -0.1) is 0 Å². The van der Waals surface area contributed by atoms with E-state index in [1.807, 2.05) is 13.8 Å². The predicted octanol–water partition coefficient (Wildman–Crippen LogP) is 0.344. The highest BCUT2D eigenvalue weighted by Gasteiger charge is 2.59. The van der Waals surface area contributed by atoms with Gasteiger partial charge in [-0.2, -0.15) is 0 Å². The first-order chi connectivity index (χ1) is 6.98. The zero-order valence-corrected chi connectivity index (χ0v) is 9.51. The van der Waals surface area contributed by atoms with Crippen molar-refractivity contribution >= 4 is 0 Å². The van der Waals surface area contributed by atoms with Crippen LogP contribution < -0.4 is 0 Å². The molecule has 0 aromatic heterocycles. The van der Waals surface area contributed by atoms with Crippen molar-refractivity contribution in [2.24, 2.45) is 0 Å². The molecule has 3 saturated heterocycles. The van der Waals surface area contributed by atoms with Crippen LogP contribution in [0.1, 0.15) is 26.7 Å². The van der Waals surface area contributed by atoms with E-state index in [1.54, 1.807) is 0 Å². The van der Waals surface area contributed by atoms with E-state index in [0.717, 1.165) is 12.8 Å². The monoisotopic (exact) mass is 213 g/mol. The molecule has 0 aromatic rings. The molecule has 3 rings (SSSR count). The third-order valence-electron chi connectivity index (χ3n) is 4.00. The lowest BCUT2D eigenvalue weighted by Gasteiger charge is -2.37. The summed E-state index contributed by atoms with van der Waals surface area (Å²) in [5, 5.41) is 9.76. The SMILES string of the molecule is CN1C2CC(O)CC1C1OC(C)(C)OC12. The summed E-state index contributed by atoms with van der Waals surface area (Å²) < 4.78 is 11.9. The van der Waals surface area contributed by atoms with E-state index in [9.17, 15) is 5.11 Å². The summed E-state index contributed by atoms with van der Waals surface area (Å²) in [6.45, 7) is 3.94. The topological polar surface area (TPSA) is 41.9 Å². The highest BCUT2D eigenvalue weighted by Crippen LogP contribution is 2.45. The first-order valence-electron chi connectivity index (χ1n) is 5.73. The molecule has 0 aromatic carbocycles. The molecule has 3 aliphatic heterocycles. The molecule has 0 amide bonds. The van der Waals surface area contributed by atoms with Crippen molar-refractivity contribution in [1.82, 2.24) is 4.90 Å². The van der Waals surface area contributed by atoms with Gasteiger partial charge in [0.1, 0.15) is 12.2 Å². The van der Waals surface area contributed by atoms with Crippen LogP contribution in [0.25, 0.3) is 0 Å². The predicted molar refractivity (Wildman–Crippen MR) is 54.4 cm³/mol. The summed E-state index contributed by atoms with van der Waals surface area (Å²) in [6.07, 6.45) is 1.73. The molecule has 4 nitrogen and oxygen atoms in total. The summed E-state index contributed by atoms with van der Waals surface area (Å²) in [7, 11) is 2.11. The Morgan fingerprint density at radius 2 is 1.60 bits per heavy atom. The lowest BCUT2D eigenvalue weighted by Crippen LogP contribution is -2.47. The number of likely N-dealkylation sites (N-methyl/N-ethyl adjacent to an activating group) is 1. The number of aliphatic hydroxyl groups is 1. The van der Waals surface area contributed by atoms with Gasteiger partial charge < -0.3 is 14.6 Å². The fourth-order valence-electron chi connectivity index (χ4n) is 3.38. The maximum absolute atomic E-state index is 9.76. The quantitative estimate of drug-likeness (QED) is 0.630. The molecule has 0 radical (unpaired) electrons. The average molecular weight is 213 g/mol. The molecule has 86 valence electrons. The average Bonchev–Trinajstić information content (AvgIpc) is 2.49. The minimum atomic E-state index is -0.449. The maximum Gasteiger partial charge on any atom is 0.163 e. The molecule has 15 heavy (non-hydrogen) atoms. The van der Waals surface area contributed by atoms with Crippen molar-refractivity contribution in [2.45, 2.75) is 62.9 Å². The van der Waals surface area contributed by atoms with E-state index in [2.05, 4.69) is 11.9 Å². The van der Waals surface area contributed by atoms with Crippen LogP contribution >= 0.6 is 0 Å². The Balaban J connectivity index is 1.88. The fraction of sp³-hybridized carbons (Fsp3) is 1.00. The molecule has 1 N–H and O–H groups in total. The van der Waals surface area contributed by atoms with E-state index < -0.39 is 5.79 Å². The molecule has 2 bridgehead atoms. The Hall–Kier alpha value is -0.160. The number of ether oxygens (including phenoxy) is 2. The van der Waals surface area contributed by atoms with E-state index in [1.165, 1.54) is 0 Å². The van der Waals surface area contributed by atoms with Crippen LogP contribution in [0.3, 0.4) is 0 Å². The smallest absolute Gasteiger partial charge is 0.163 e. The van der Waals surface area contributed by atoms with E-state index in [0.29, 0.717) is 12.1 Å². The fourth-order valence-corrected chi connectivity index (χ4v) is 3.38. The van der Waals surface area contributed by atoms with Crippen molar-refractivity contribution < 1.29 is 14.6 Å². The van der Waals surface area contributed by atoms with Gasteiger partial charge in [-0.25, -0.2) is 0 Å². The van der Waals surface area contributed by atoms with Crippen molar-refractivity contribution in [3.63, 3.8) is 0 Å². The maximum atomic E-state index is 9.76. The van der Waals surface area contributed by atoms with Crippen molar-refractivity contribution in [2.75, 3.05) is 7.05 Å². The van der Waals surface area contributed by atoms with Gasteiger partial charge in [0.05, 0.1) is 6.10 Å². The number of nitrogens with zero attached hydrogens (tertiary/aromatic N) is 1. The van der Waals surface area contributed by atoms with Crippen LogP contribution in [0.2, 0.25) is 0 Å². The summed E-state index contributed by atoms with van der Waals surface area (Å²) in [5.74, 6) is -0.449. The highest BCUT2D eigenvalue weighted by atomic mass is 16.8. The lowest BCUT2D eigenvalue weighted by atomic mass is 10.0. The largest absolute Gasteiger partial charge is 0.393 e. The number of piperidine rings is 1. The van der Waals surface area contributed by atoms with Crippen LogP contribution in [0, 0.1) is 0 Å². The number of hydrogen-bond donors (Lipinski definition) is 1. The molecule has 4 atom stereocenters. The first-order valence-corrected chi connectivity index (χ1v) is 5.73. The standard InChI is InChI=1S/C11H19NO3/c1-11(2)14-9-7-4-6(13)5-8(12(7)3)10(9)15-11/h6-10,13H,4-5H2,1-3H3. The zero-order valence-electron chi connectivity index (χ0n) is 9.51. The number of aliphatic hydroxyl groups excluding tert-OH is 1. The van der Waals surface area contributed by atoms with Crippen LogP contribution in [-0.4, -0.2) is 53.2 Å². The third kappa shape index (κ3) is 1.35. The molecule has 3 fully saturated rings. The Morgan fingerprint density at radius 3 is 2.07 bits per heavy atom. The second kappa shape index (κ2) is 2.94. The van der Waals surface area contributed by atoms with Gasteiger partial charge in [0.25, 0.3) is 0 Å². The second-order valence-electron chi connectivity index (χ2n) is 5.49. The number of rotatable bonds is 0. The van der Waals surface area contributed by atoms with Gasteiger partial charge in [-0.3, -0.25) is 4.90 Å². The number of hydrogen-bond acceptors (Lipinski definition) is 4. The molecule has 0 aliphatic carbocycles. The van der Waals surface area contributed by atoms with Gasteiger partial charge in [-0.05, 0) is 33.7 Å². The summed E-state index contributed by atoms with van der Waals surface area (Å²) >= 11 is 0. The van der Waals surface area contributed by atoms with E-state index in [-0.39, 0.29) is 18.3 Å². The molecule has 3 heterocycles. The highest BCUT2D eigenvalue weighted by molar-refractivity contribution is 5.09. The summed E-state index contributed by atoms with van der Waals surface area (Å²) in [5.41, 5.74) is 0. The molecule has 0 spiro atoms. The van der Waals surface area contributed by atoms with E-state index in [4.69, 9.17) is 9.47 Å². The van der Waals surface area contributed by atoms with Crippen molar-refractivity contribution in [3.05, 3.63) is 0 Å². The molecule has 0 saturated carbocycles.